The van der Waals surface area contributed by atoms with Crippen molar-refractivity contribution in [1.82, 2.24) is 10.2 Å². The molecule has 1 N–H and O–H groups in total. The lowest BCUT2D eigenvalue weighted by molar-refractivity contribution is -0.137. The van der Waals surface area contributed by atoms with Gasteiger partial charge in [0.1, 0.15) is 11.9 Å². The van der Waals surface area contributed by atoms with Crippen molar-refractivity contribution in [3.63, 3.8) is 0 Å². The van der Waals surface area contributed by atoms with Crippen molar-refractivity contribution in [3.05, 3.63) is 94.5 Å². The standard InChI is InChI=1S/C31H32ClF3IN3O2/c32-28-20-26(41-25-14-18-38(19-15-25)24-8-6-22(7-9-24)31(33,34)35)10-11-27(28)30(40)37-23-12-16-39(17-13-23)29(36)21-4-2-1-3-5-21/h1-11,20,23,25,29H,12-19H2,(H,37,40). The van der Waals surface area contributed by atoms with Crippen LogP contribution >= 0.6 is 34.2 Å². The van der Waals surface area contributed by atoms with Crippen molar-refractivity contribution in [3.8, 4) is 5.75 Å². The first-order chi connectivity index (χ1) is 19.7. The van der Waals surface area contributed by atoms with Crippen LogP contribution < -0.4 is 15.0 Å². The molecular weight excluding hydrogens is 666 g/mol. The zero-order chi connectivity index (χ0) is 29.0. The van der Waals surface area contributed by atoms with Crippen LogP contribution in [0.4, 0.5) is 18.9 Å². The Morgan fingerprint density at radius 3 is 2.20 bits per heavy atom. The van der Waals surface area contributed by atoms with Gasteiger partial charge in [-0.05, 0) is 60.9 Å². The van der Waals surface area contributed by atoms with Gasteiger partial charge in [0, 0.05) is 50.7 Å². The van der Waals surface area contributed by atoms with E-state index < -0.39 is 11.7 Å². The maximum Gasteiger partial charge on any atom is 0.416 e. The molecule has 3 aromatic carbocycles. The van der Waals surface area contributed by atoms with Crippen LogP contribution in [0.25, 0.3) is 0 Å². The largest absolute Gasteiger partial charge is 0.490 e. The SMILES string of the molecule is O=C(NC1CCN(C(I)c2ccccc2)CC1)c1ccc(OC2CCN(c3ccc(C(F)(F)F)cc3)CC2)cc1Cl. The van der Waals surface area contributed by atoms with E-state index in [0.29, 0.717) is 33.5 Å². The van der Waals surface area contributed by atoms with Gasteiger partial charge in [0.25, 0.3) is 5.91 Å². The molecule has 218 valence electrons. The summed E-state index contributed by atoms with van der Waals surface area (Å²) in [6, 6.07) is 21.0. The van der Waals surface area contributed by atoms with Crippen molar-refractivity contribution in [2.75, 3.05) is 31.1 Å². The maximum atomic E-state index is 13.0. The zero-order valence-electron chi connectivity index (χ0n) is 22.4. The number of hydrogen-bond acceptors (Lipinski definition) is 4. The van der Waals surface area contributed by atoms with Crippen molar-refractivity contribution in [2.24, 2.45) is 0 Å². The van der Waals surface area contributed by atoms with E-state index in [1.807, 2.05) is 6.07 Å². The van der Waals surface area contributed by atoms with Crippen LogP contribution in [0.1, 0.15) is 51.2 Å². The molecule has 3 aromatic rings. The summed E-state index contributed by atoms with van der Waals surface area (Å²) in [6.45, 7) is 3.16. The first-order valence-electron chi connectivity index (χ1n) is 13.8. The van der Waals surface area contributed by atoms with Crippen molar-refractivity contribution < 1.29 is 22.7 Å². The Balaban J connectivity index is 1.08. The van der Waals surface area contributed by atoms with E-state index in [-0.39, 0.29) is 18.1 Å². The van der Waals surface area contributed by atoms with Crippen LogP contribution in [-0.4, -0.2) is 49.1 Å². The minimum atomic E-state index is -4.34. The third-order valence-corrected chi connectivity index (χ3v) is 9.57. The number of nitrogens with zero attached hydrogens (tertiary/aromatic N) is 2. The average Bonchev–Trinajstić information content (AvgIpc) is 2.98. The number of carbonyl (C=O) groups excluding carboxylic acids is 1. The molecule has 2 aliphatic rings. The number of hydrogen-bond donors (Lipinski definition) is 1. The van der Waals surface area contributed by atoms with Crippen molar-refractivity contribution in [2.45, 2.75) is 48.1 Å². The van der Waals surface area contributed by atoms with E-state index in [1.165, 1.54) is 17.7 Å². The molecule has 1 unspecified atom stereocenters. The van der Waals surface area contributed by atoms with E-state index in [0.717, 1.165) is 56.6 Å². The lowest BCUT2D eigenvalue weighted by atomic mass is 10.0. The molecule has 41 heavy (non-hydrogen) atoms. The highest BCUT2D eigenvalue weighted by atomic mass is 127. The molecule has 0 saturated carbocycles. The van der Waals surface area contributed by atoms with Crippen LogP contribution in [0.2, 0.25) is 5.02 Å². The van der Waals surface area contributed by atoms with Crippen LogP contribution in [-0.2, 0) is 6.18 Å². The van der Waals surface area contributed by atoms with Gasteiger partial charge in [-0.3, -0.25) is 9.69 Å². The summed E-state index contributed by atoms with van der Waals surface area (Å²) in [4.78, 5) is 17.5. The second-order valence-corrected chi connectivity index (χ2v) is 12.1. The number of carbonyl (C=O) groups is 1. The first-order valence-corrected chi connectivity index (χ1v) is 15.4. The Labute approximate surface area is 257 Å². The number of ether oxygens (including phenoxy) is 1. The summed E-state index contributed by atoms with van der Waals surface area (Å²) >= 11 is 8.98. The second kappa shape index (κ2) is 13.2. The predicted octanol–water partition coefficient (Wildman–Crippen LogP) is 7.73. The number of rotatable bonds is 7. The number of anilines is 1. The number of benzene rings is 3. The fraction of sp³-hybridized carbons (Fsp3) is 0.387. The third-order valence-electron chi connectivity index (χ3n) is 7.75. The van der Waals surface area contributed by atoms with E-state index in [4.69, 9.17) is 16.3 Å². The Morgan fingerprint density at radius 2 is 1.59 bits per heavy atom. The van der Waals surface area contributed by atoms with Crippen LogP contribution in [0.3, 0.4) is 0 Å². The summed E-state index contributed by atoms with van der Waals surface area (Å²) in [6.07, 6.45) is -1.18. The fourth-order valence-corrected chi connectivity index (χ4v) is 6.62. The van der Waals surface area contributed by atoms with E-state index in [9.17, 15) is 18.0 Å². The number of alkyl halides is 4. The smallest absolute Gasteiger partial charge is 0.416 e. The van der Waals surface area contributed by atoms with Gasteiger partial charge in [0.15, 0.2) is 0 Å². The molecule has 0 bridgehead atoms. The molecule has 2 saturated heterocycles. The second-order valence-electron chi connectivity index (χ2n) is 10.5. The van der Waals surface area contributed by atoms with Crippen LogP contribution in [0.5, 0.6) is 5.75 Å². The predicted molar refractivity (Wildman–Crippen MR) is 164 cm³/mol. The normalized spacial score (nSPS) is 18.2. The molecule has 5 rings (SSSR count). The highest BCUT2D eigenvalue weighted by Gasteiger charge is 2.31. The van der Waals surface area contributed by atoms with Gasteiger partial charge in [-0.1, -0.05) is 64.5 Å². The Kier molecular flexibility index (Phi) is 9.66. The summed E-state index contributed by atoms with van der Waals surface area (Å²) in [7, 11) is 0. The Morgan fingerprint density at radius 1 is 0.927 bits per heavy atom. The van der Waals surface area contributed by atoms with Gasteiger partial charge in [-0.15, -0.1) is 0 Å². The van der Waals surface area contributed by atoms with Crippen LogP contribution in [0, 0.1) is 0 Å². The summed E-state index contributed by atoms with van der Waals surface area (Å²) in [5.74, 6) is 0.417. The van der Waals surface area contributed by atoms with Crippen molar-refractivity contribution in [1.29, 1.82) is 0 Å². The number of nitrogens with one attached hydrogen (secondary N) is 1. The highest BCUT2D eigenvalue weighted by Crippen LogP contribution is 2.33. The number of likely N-dealkylation sites (tertiary alicyclic amines) is 1. The molecular formula is C31H32ClF3IN3O2. The monoisotopic (exact) mass is 697 g/mol. The molecule has 1 atom stereocenters. The van der Waals surface area contributed by atoms with E-state index in [2.05, 4.69) is 62.0 Å². The molecule has 2 fully saturated rings. The molecule has 0 aliphatic carbocycles. The van der Waals surface area contributed by atoms with E-state index >= 15 is 0 Å². The van der Waals surface area contributed by atoms with Crippen LogP contribution in [0.15, 0.2) is 72.8 Å². The first kappa shape index (κ1) is 30.0. The Bertz CT molecular complexity index is 1310. The molecule has 0 spiro atoms. The van der Waals surface area contributed by atoms with Gasteiger partial charge in [0.05, 0.1) is 20.2 Å². The summed E-state index contributed by atoms with van der Waals surface area (Å²) < 4.78 is 45.0. The summed E-state index contributed by atoms with van der Waals surface area (Å²) in [5, 5.41) is 3.49. The molecule has 10 heteroatoms. The Hall–Kier alpha value is -2.50. The molecule has 0 radical (unpaired) electrons. The molecule has 5 nitrogen and oxygen atoms in total. The maximum absolute atomic E-state index is 13.0. The van der Waals surface area contributed by atoms with E-state index in [1.54, 1.807) is 18.2 Å². The highest BCUT2D eigenvalue weighted by molar-refractivity contribution is 14.1. The lowest BCUT2D eigenvalue weighted by Crippen LogP contribution is -2.44. The molecule has 2 heterocycles. The van der Waals surface area contributed by atoms with Gasteiger partial charge in [0.2, 0.25) is 0 Å². The molecule has 1 amide bonds. The molecule has 0 aromatic heterocycles. The number of amides is 1. The minimum absolute atomic E-state index is 0.0424. The number of piperidine rings is 2. The van der Waals surface area contributed by atoms with Gasteiger partial charge in [-0.2, -0.15) is 13.2 Å². The quantitative estimate of drug-likeness (QED) is 0.156. The number of halogens is 5. The van der Waals surface area contributed by atoms with Crippen molar-refractivity contribution >= 4 is 45.8 Å². The fourth-order valence-electron chi connectivity index (χ4n) is 5.40. The topological polar surface area (TPSA) is 44.8 Å². The third kappa shape index (κ3) is 7.67. The zero-order valence-corrected chi connectivity index (χ0v) is 25.3. The molecule has 2 aliphatic heterocycles. The lowest BCUT2D eigenvalue weighted by Gasteiger charge is -2.35. The minimum Gasteiger partial charge on any atom is -0.490 e. The van der Waals surface area contributed by atoms with Gasteiger partial charge in [-0.25, -0.2) is 0 Å². The summed E-state index contributed by atoms with van der Waals surface area (Å²) in [5.41, 5.74) is 1.84. The van der Waals surface area contributed by atoms with Gasteiger partial charge >= 0.3 is 6.18 Å². The van der Waals surface area contributed by atoms with Gasteiger partial charge < -0.3 is 15.0 Å². The average molecular weight is 698 g/mol.